The van der Waals surface area contributed by atoms with Crippen molar-refractivity contribution < 1.29 is 20.1 Å². The largest absolute Gasteiger partial charge is 0.481 e. The van der Waals surface area contributed by atoms with Crippen LogP contribution in [0.4, 0.5) is 0 Å². The highest BCUT2D eigenvalue weighted by Crippen LogP contribution is 2.77. The quantitative estimate of drug-likeness (QED) is 0.427. The molecule has 0 amide bonds. The molecule has 34 heavy (non-hydrogen) atoms. The molecular weight excluding hydrogens is 424 g/mol. The van der Waals surface area contributed by atoms with E-state index in [1.807, 2.05) is 0 Å². The van der Waals surface area contributed by atoms with Crippen LogP contribution < -0.4 is 0 Å². The minimum absolute atomic E-state index is 0.00606. The predicted octanol–water partition coefficient (Wildman–Crippen LogP) is 6.06. The van der Waals surface area contributed by atoms with E-state index >= 15 is 0 Å². The molecular formula is C30H48O4. The van der Waals surface area contributed by atoms with Gasteiger partial charge in [-0.25, -0.2) is 0 Å². The van der Waals surface area contributed by atoms with Gasteiger partial charge in [0.25, 0.3) is 0 Å². The lowest BCUT2D eigenvalue weighted by Crippen LogP contribution is -2.70. The highest BCUT2D eigenvalue weighted by Gasteiger charge is 2.73. The highest BCUT2D eigenvalue weighted by atomic mass is 16.4. The topological polar surface area (TPSA) is 77.8 Å². The second-order valence-corrected chi connectivity index (χ2v) is 14.7. The molecule has 5 aliphatic carbocycles. The summed E-state index contributed by atoms with van der Waals surface area (Å²) in [4.78, 5) is 12.8. The second kappa shape index (κ2) is 7.34. The van der Waals surface area contributed by atoms with E-state index in [1.54, 1.807) is 0 Å². The third-order valence-corrected chi connectivity index (χ3v) is 13.4. The molecule has 0 heterocycles. The smallest absolute Gasteiger partial charge is 0.309 e. The van der Waals surface area contributed by atoms with Gasteiger partial charge in [-0.1, -0.05) is 46.8 Å². The third kappa shape index (κ3) is 2.76. The molecule has 0 spiro atoms. The van der Waals surface area contributed by atoms with Gasteiger partial charge in [-0.15, -0.1) is 0 Å². The van der Waals surface area contributed by atoms with Crippen LogP contribution in [0.3, 0.4) is 0 Å². The molecule has 11 atom stereocenters. The maximum atomic E-state index is 12.8. The van der Waals surface area contributed by atoms with Gasteiger partial charge in [0.05, 0.1) is 17.6 Å². The zero-order valence-electron chi connectivity index (χ0n) is 22.4. The Kier molecular flexibility index (Phi) is 5.36. The zero-order valence-corrected chi connectivity index (χ0v) is 22.4. The van der Waals surface area contributed by atoms with Gasteiger partial charge >= 0.3 is 5.97 Å². The normalized spacial score (nSPS) is 55.9. The molecule has 5 fully saturated rings. The van der Waals surface area contributed by atoms with E-state index in [4.69, 9.17) is 0 Å². The molecule has 0 unspecified atom stereocenters. The van der Waals surface area contributed by atoms with Crippen LogP contribution in [-0.2, 0) is 4.79 Å². The number of fused-ring (bicyclic) bond motifs is 7. The number of carboxylic acid groups (broad SMARTS) is 1. The van der Waals surface area contributed by atoms with E-state index in [0.717, 1.165) is 63.4 Å². The SMILES string of the molecule is C=C(C)[C@@H]1CC[C@]2(C(=O)O)CC[C@]3(C)[C@H](CC[C@@H]4[C@@]5(C)CC[C@H](O)C(C)(C)[C@@H]5[C@H](O)C[C@]43C)[C@H]12. The standard InChI is InChI=1S/C30H48O4/c1-17(2)18-10-13-30(25(33)34)15-14-28(6)19(23(18)30)8-9-21-27(5)12-11-22(32)26(3,4)24(27)20(31)16-29(21,28)7/h18-24,31-32H,1,8-16H2,2-7H3,(H,33,34)/t18-,19+,20+,21+,22-,23-,24-,27+,28+,29+,30-/m0/s1. The number of carboxylic acids is 1. The lowest BCUT2D eigenvalue weighted by atomic mass is 9.32. The van der Waals surface area contributed by atoms with E-state index in [2.05, 4.69) is 48.1 Å². The van der Waals surface area contributed by atoms with Gasteiger partial charge in [0.2, 0.25) is 0 Å². The summed E-state index contributed by atoms with van der Waals surface area (Å²) in [6.45, 7) is 18.1. The van der Waals surface area contributed by atoms with E-state index in [0.29, 0.717) is 17.8 Å². The predicted molar refractivity (Wildman–Crippen MR) is 134 cm³/mol. The summed E-state index contributed by atoms with van der Waals surface area (Å²) in [5.74, 6) is 0.807. The van der Waals surface area contributed by atoms with E-state index < -0.39 is 17.5 Å². The Morgan fingerprint density at radius 3 is 2.18 bits per heavy atom. The summed E-state index contributed by atoms with van der Waals surface area (Å²) in [6, 6.07) is 0. The number of rotatable bonds is 2. The van der Waals surface area contributed by atoms with Gasteiger partial charge in [-0.2, -0.15) is 0 Å². The van der Waals surface area contributed by atoms with Gasteiger partial charge in [0.1, 0.15) is 0 Å². The fourth-order valence-corrected chi connectivity index (χ4v) is 11.7. The summed E-state index contributed by atoms with van der Waals surface area (Å²) in [5.41, 5.74) is 0.219. The van der Waals surface area contributed by atoms with Gasteiger partial charge in [0, 0.05) is 0 Å². The first-order chi connectivity index (χ1) is 15.7. The van der Waals surface area contributed by atoms with Crippen molar-refractivity contribution in [3.8, 4) is 0 Å². The second-order valence-electron chi connectivity index (χ2n) is 14.7. The molecule has 3 N–H and O–H groups in total. The molecule has 0 aromatic heterocycles. The van der Waals surface area contributed by atoms with Gasteiger partial charge in [-0.3, -0.25) is 4.79 Å². The maximum absolute atomic E-state index is 12.8. The Morgan fingerprint density at radius 1 is 0.882 bits per heavy atom. The number of allylic oxidation sites excluding steroid dienone is 1. The molecule has 4 nitrogen and oxygen atoms in total. The number of hydrogen-bond acceptors (Lipinski definition) is 3. The van der Waals surface area contributed by atoms with Crippen molar-refractivity contribution in [2.24, 2.45) is 56.7 Å². The zero-order chi connectivity index (χ0) is 25.1. The lowest BCUT2D eigenvalue weighted by Gasteiger charge is -2.73. The fourth-order valence-electron chi connectivity index (χ4n) is 11.7. The minimum atomic E-state index is -0.604. The fraction of sp³-hybridized carbons (Fsp3) is 0.900. The van der Waals surface area contributed by atoms with Crippen LogP contribution in [0.25, 0.3) is 0 Å². The first kappa shape index (κ1) is 24.8. The summed E-state index contributed by atoms with van der Waals surface area (Å²) < 4.78 is 0. The number of hydrogen-bond donors (Lipinski definition) is 3. The summed E-state index contributed by atoms with van der Waals surface area (Å²) in [6.07, 6.45) is 7.38. The van der Waals surface area contributed by atoms with Crippen LogP contribution in [0.5, 0.6) is 0 Å². The molecule has 5 rings (SSSR count). The monoisotopic (exact) mass is 472 g/mol. The molecule has 5 aliphatic rings. The highest BCUT2D eigenvalue weighted by molar-refractivity contribution is 5.76. The number of carbonyl (C=O) groups is 1. The molecule has 0 aromatic carbocycles. The molecule has 0 aromatic rings. The Morgan fingerprint density at radius 2 is 1.56 bits per heavy atom. The number of aliphatic carboxylic acids is 1. The first-order valence-corrected chi connectivity index (χ1v) is 13.9. The average molecular weight is 473 g/mol. The maximum Gasteiger partial charge on any atom is 0.309 e. The molecule has 5 saturated carbocycles. The van der Waals surface area contributed by atoms with Crippen LogP contribution in [0, 0.1) is 56.7 Å². The molecule has 192 valence electrons. The van der Waals surface area contributed by atoms with Crippen molar-refractivity contribution in [2.75, 3.05) is 0 Å². The van der Waals surface area contributed by atoms with Crippen LogP contribution in [-0.4, -0.2) is 33.5 Å². The number of aliphatic hydroxyl groups excluding tert-OH is 2. The Labute approximate surface area is 206 Å². The third-order valence-electron chi connectivity index (χ3n) is 13.4. The van der Waals surface area contributed by atoms with Crippen LogP contribution in [0.15, 0.2) is 12.2 Å². The van der Waals surface area contributed by atoms with Gasteiger partial charge in [-0.05, 0) is 116 Å². The van der Waals surface area contributed by atoms with Crippen LogP contribution >= 0.6 is 0 Å². The Hall–Kier alpha value is -0.870. The van der Waals surface area contributed by atoms with E-state index in [1.165, 1.54) is 0 Å². The Bertz CT molecular complexity index is 894. The summed E-state index contributed by atoms with van der Waals surface area (Å²) in [7, 11) is 0. The van der Waals surface area contributed by atoms with E-state index in [-0.39, 0.29) is 39.6 Å². The van der Waals surface area contributed by atoms with Crippen molar-refractivity contribution in [2.45, 2.75) is 112 Å². The van der Waals surface area contributed by atoms with Crippen LogP contribution in [0.2, 0.25) is 0 Å². The van der Waals surface area contributed by atoms with Crippen molar-refractivity contribution >= 4 is 5.97 Å². The minimum Gasteiger partial charge on any atom is -0.481 e. The molecule has 4 heteroatoms. The first-order valence-electron chi connectivity index (χ1n) is 13.9. The number of aliphatic hydroxyl groups is 2. The van der Waals surface area contributed by atoms with Gasteiger partial charge < -0.3 is 15.3 Å². The lowest BCUT2D eigenvalue weighted by molar-refractivity contribution is -0.275. The van der Waals surface area contributed by atoms with Crippen LogP contribution in [0.1, 0.15) is 99.3 Å². The van der Waals surface area contributed by atoms with E-state index in [9.17, 15) is 20.1 Å². The van der Waals surface area contributed by atoms with Crippen molar-refractivity contribution in [3.05, 3.63) is 12.2 Å². The molecule has 0 aliphatic heterocycles. The summed E-state index contributed by atoms with van der Waals surface area (Å²) >= 11 is 0. The van der Waals surface area contributed by atoms with Crippen molar-refractivity contribution in [3.63, 3.8) is 0 Å². The molecule has 0 saturated heterocycles. The molecule has 0 radical (unpaired) electrons. The average Bonchev–Trinajstić information content (AvgIpc) is 3.13. The van der Waals surface area contributed by atoms with Gasteiger partial charge in [0.15, 0.2) is 0 Å². The molecule has 0 bridgehead atoms. The van der Waals surface area contributed by atoms with Crippen molar-refractivity contribution in [1.29, 1.82) is 0 Å². The van der Waals surface area contributed by atoms with Crippen molar-refractivity contribution in [1.82, 2.24) is 0 Å². The Balaban J connectivity index is 1.60. The summed E-state index contributed by atoms with van der Waals surface area (Å²) in [5, 5.41) is 33.2.